The fraction of sp³-hybridized carbons (Fsp3) is 0.455. The van der Waals surface area contributed by atoms with Crippen LogP contribution in [-0.2, 0) is 31.3 Å². The summed E-state index contributed by atoms with van der Waals surface area (Å²) < 4.78 is 52.8. The lowest BCUT2D eigenvalue weighted by molar-refractivity contribution is 0.199. The topological polar surface area (TPSA) is 116 Å². The van der Waals surface area contributed by atoms with Gasteiger partial charge in [0.05, 0.1) is 10.6 Å². The van der Waals surface area contributed by atoms with Crippen LogP contribution in [0.4, 0.5) is 0 Å². The molecule has 0 bridgehead atoms. The number of ether oxygens (including phenoxy) is 1. The normalized spacial score (nSPS) is 12.5. The van der Waals surface area contributed by atoms with Crippen molar-refractivity contribution in [1.29, 1.82) is 0 Å². The van der Waals surface area contributed by atoms with Gasteiger partial charge in [0.1, 0.15) is 0 Å². The molecule has 7 nitrogen and oxygen atoms in total. The van der Waals surface area contributed by atoms with E-state index in [2.05, 4.69) is 4.72 Å². The molecule has 0 aromatic heterocycles. The van der Waals surface area contributed by atoms with Crippen LogP contribution in [0.25, 0.3) is 0 Å². The Hall–Kier alpha value is -1.00. The van der Waals surface area contributed by atoms with Crippen LogP contribution in [0, 0.1) is 0 Å². The molecule has 114 valence electrons. The Kier molecular flexibility index (Phi) is 6.08. The number of sulfonamides is 2. The van der Waals surface area contributed by atoms with Gasteiger partial charge in [-0.15, -0.1) is 0 Å². The summed E-state index contributed by atoms with van der Waals surface area (Å²) in [5.41, 5.74) is 0.520. The lowest BCUT2D eigenvalue weighted by Gasteiger charge is -2.07. The number of hydrogen-bond acceptors (Lipinski definition) is 5. The fourth-order valence-corrected chi connectivity index (χ4v) is 3.10. The minimum Gasteiger partial charge on any atom is -0.385 e. The van der Waals surface area contributed by atoms with Gasteiger partial charge in [-0.25, -0.2) is 26.7 Å². The van der Waals surface area contributed by atoms with Crippen molar-refractivity contribution in [3.8, 4) is 0 Å². The molecule has 0 heterocycles. The number of methoxy groups -OCH3 is 1. The van der Waals surface area contributed by atoms with Crippen molar-refractivity contribution in [2.24, 2.45) is 5.14 Å². The van der Waals surface area contributed by atoms with Gasteiger partial charge in [-0.05, 0) is 24.1 Å². The zero-order chi connectivity index (χ0) is 15.2. The first-order valence-corrected chi connectivity index (χ1v) is 9.02. The molecular weight excluding hydrogens is 304 g/mol. The molecule has 9 heteroatoms. The highest BCUT2D eigenvalue weighted by Gasteiger charge is 2.11. The Bertz CT molecular complexity index is 641. The predicted octanol–water partition coefficient (Wildman–Crippen LogP) is -0.210. The van der Waals surface area contributed by atoms with Gasteiger partial charge in [-0.3, -0.25) is 0 Å². The summed E-state index contributed by atoms with van der Waals surface area (Å²) in [6, 6.07) is 5.82. The van der Waals surface area contributed by atoms with Crippen LogP contribution in [0.2, 0.25) is 0 Å². The third-order valence-electron chi connectivity index (χ3n) is 2.48. The van der Waals surface area contributed by atoms with Crippen LogP contribution < -0.4 is 9.86 Å². The van der Waals surface area contributed by atoms with Gasteiger partial charge in [0.15, 0.2) is 0 Å². The van der Waals surface area contributed by atoms with E-state index in [0.717, 1.165) is 0 Å². The molecule has 1 aromatic carbocycles. The van der Waals surface area contributed by atoms with Crippen molar-refractivity contribution in [2.75, 3.05) is 19.5 Å². The number of hydrogen-bond donors (Lipinski definition) is 2. The number of primary sulfonamides is 1. The summed E-state index contributed by atoms with van der Waals surface area (Å²) in [6.07, 6.45) is 0.392. The first kappa shape index (κ1) is 17.1. The van der Waals surface area contributed by atoms with Crippen molar-refractivity contribution < 1.29 is 21.6 Å². The van der Waals surface area contributed by atoms with E-state index in [0.29, 0.717) is 18.6 Å². The Morgan fingerprint density at radius 2 is 1.95 bits per heavy atom. The van der Waals surface area contributed by atoms with Gasteiger partial charge in [-0.2, -0.15) is 0 Å². The summed E-state index contributed by atoms with van der Waals surface area (Å²) in [5, 5.41) is 5.01. The first-order valence-electron chi connectivity index (χ1n) is 5.82. The Labute approximate surface area is 119 Å². The second kappa shape index (κ2) is 7.14. The highest BCUT2D eigenvalue weighted by Crippen LogP contribution is 2.09. The van der Waals surface area contributed by atoms with E-state index in [1.54, 1.807) is 6.07 Å². The van der Waals surface area contributed by atoms with Gasteiger partial charge in [0.2, 0.25) is 20.0 Å². The van der Waals surface area contributed by atoms with Crippen molar-refractivity contribution in [1.82, 2.24) is 4.72 Å². The molecule has 0 unspecified atom stereocenters. The fourth-order valence-electron chi connectivity index (χ4n) is 1.49. The molecular formula is C11H18N2O5S2. The largest absolute Gasteiger partial charge is 0.385 e. The van der Waals surface area contributed by atoms with Crippen molar-refractivity contribution in [3.63, 3.8) is 0 Å². The van der Waals surface area contributed by atoms with Crippen LogP contribution >= 0.6 is 0 Å². The maximum Gasteiger partial charge on any atom is 0.238 e. The van der Waals surface area contributed by atoms with Gasteiger partial charge in [0, 0.05) is 20.3 Å². The van der Waals surface area contributed by atoms with Crippen molar-refractivity contribution >= 4 is 20.0 Å². The average molecular weight is 322 g/mol. The maximum atomic E-state index is 11.7. The Morgan fingerprint density at radius 1 is 1.25 bits per heavy atom. The van der Waals surface area contributed by atoms with Crippen LogP contribution in [0.3, 0.4) is 0 Å². The van der Waals surface area contributed by atoms with E-state index in [-0.39, 0.29) is 17.2 Å². The molecule has 1 rings (SSSR count). The standard InChI is InChI=1S/C11H18N2O5S2/c1-18-6-3-7-19(14,15)13-9-10-4-2-5-11(8-10)20(12,16)17/h2,4-5,8,13H,3,6-7,9H2,1H3,(H2,12,16,17). The molecule has 0 amide bonds. The molecule has 0 saturated heterocycles. The Morgan fingerprint density at radius 3 is 2.55 bits per heavy atom. The molecule has 0 aliphatic rings. The van der Waals surface area contributed by atoms with Gasteiger partial charge < -0.3 is 4.74 Å². The van der Waals surface area contributed by atoms with Crippen LogP contribution in [0.15, 0.2) is 29.2 Å². The second-order valence-corrected chi connectivity index (χ2v) is 7.67. The Balaban J connectivity index is 2.66. The summed E-state index contributed by atoms with van der Waals surface area (Å²) in [5.74, 6) is -0.0459. The van der Waals surface area contributed by atoms with Crippen molar-refractivity contribution in [2.45, 2.75) is 17.9 Å². The van der Waals surface area contributed by atoms with E-state index >= 15 is 0 Å². The molecule has 0 fully saturated rings. The van der Waals surface area contributed by atoms with Crippen LogP contribution in [-0.4, -0.2) is 36.3 Å². The monoisotopic (exact) mass is 322 g/mol. The van der Waals surface area contributed by atoms with Crippen molar-refractivity contribution in [3.05, 3.63) is 29.8 Å². The minimum atomic E-state index is -3.79. The predicted molar refractivity (Wildman–Crippen MR) is 74.9 cm³/mol. The highest BCUT2D eigenvalue weighted by atomic mass is 32.2. The molecule has 0 spiro atoms. The summed E-state index contributed by atoms with van der Waals surface area (Å²) in [4.78, 5) is -0.0476. The zero-order valence-electron chi connectivity index (χ0n) is 11.1. The molecule has 0 atom stereocenters. The number of nitrogens with one attached hydrogen (secondary N) is 1. The number of rotatable bonds is 8. The third-order valence-corrected chi connectivity index (χ3v) is 4.81. The highest BCUT2D eigenvalue weighted by molar-refractivity contribution is 7.89. The molecule has 1 aromatic rings. The summed E-state index contributed by atoms with van der Waals surface area (Å²) in [7, 11) is -5.70. The molecule has 20 heavy (non-hydrogen) atoms. The third kappa shape index (κ3) is 5.97. The molecule has 0 aliphatic heterocycles. The number of benzene rings is 1. The average Bonchev–Trinajstić information content (AvgIpc) is 2.36. The molecule has 3 N–H and O–H groups in total. The lowest BCUT2D eigenvalue weighted by atomic mass is 10.2. The van der Waals surface area contributed by atoms with Crippen LogP contribution in [0.1, 0.15) is 12.0 Å². The number of nitrogens with two attached hydrogens (primary N) is 1. The van der Waals surface area contributed by atoms with Gasteiger partial charge in [0.25, 0.3) is 0 Å². The van der Waals surface area contributed by atoms with E-state index in [9.17, 15) is 16.8 Å². The van der Waals surface area contributed by atoms with E-state index in [4.69, 9.17) is 9.88 Å². The van der Waals surface area contributed by atoms with E-state index in [1.807, 2.05) is 0 Å². The van der Waals surface area contributed by atoms with Crippen LogP contribution in [0.5, 0.6) is 0 Å². The SMILES string of the molecule is COCCCS(=O)(=O)NCc1cccc(S(N)(=O)=O)c1. The van der Waals surface area contributed by atoms with E-state index in [1.165, 1.54) is 25.3 Å². The zero-order valence-corrected chi connectivity index (χ0v) is 12.7. The summed E-state index contributed by atoms with van der Waals surface area (Å²) >= 11 is 0. The minimum absolute atomic E-state index is 0.0126. The maximum absolute atomic E-state index is 11.7. The summed E-state index contributed by atoms with van der Waals surface area (Å²) in [6.45, 7) is 0.375. The smallest absolute Gasteiger partial charge is 0.238 e. The second-order valence-electron chi connectivity index (χ2n) is 4.18. The lowest BCUT2D eigenvalue weighted by Crippen LogP contribution is -2.26. The molecule has 0 aliphatic carbocycles. The molecule has 0 saturated carbocycles. The quantitative estimate of drug-likeness (QED) is 0.643. The van der Waals surface area contributed by atoms with Gasteiger partial charge >= 0.3 is 0 Å². The first-order chi connectivity index (χ1) is 9.24. The molecule has 0 radical (unpaired) electrons. The van der Waals surface area contributed by atoms with E-state index < -0.39 is 20.0 Å². The van der Waals surface area contributed by atoms with Gasteiger partial charge in [-0.1, -0.05) is 12.1 Å².